The van der Waals surface area contributed by atoms with E-state index in [0.717, 1.165) is 24.1 Å². The van der Waals surface area contributed by atoms with Crippen molar-refractivity contribution in [2.24, 2.45) is 11.8 Å². The van der Waals surface area contributed by atoms with Crippen LogP contribution in [0.5, 0.6) is 0 Å². The van der Waals surface area contributed by atoms with Crippen molar-refractivity contribution in [1.29, 1.82) is 0 Å². The molecule has 2 aromatic rings. The van der Waals surface area contributed by atoms with E-state index < -0.39 is 12.2 Å². The molecule has 0 spiro atoms. The zero-order valence-corrected chi connectivity index (χ0v) is 27.0. The van der Waals surface area contributed by atoms with Crippen molar-refractivity contribution in [3.8, 4) is 11.1 Å². The number of nitrogens with one attached hydrogen (secondary N) is 3. The number of carbonyl (C=O) groups excluding carboxylic acids is 4. The van der Waals surface area contributed by atoms with Crippen LogP contribution in [0.25, 0.3) is 11.1 Å². The van der Waals surface area contributed by atoms with Gasteiger partial charge in [-0.1, -0.05) is 69.3 Å². The van der Waals surface area contributed by atoms with E-state index in [-0.39, 0.29) is 23.6 Å². The molecule has 0 saturated heterocycles. The van der Waals surface area contributed by atoms with Crippen LogP contribution < -0.4 is 16.1 Å². The van der Waals surface area contributed by atoms with Gasteiger partial charge in [-0.25, -0.2) is 4.39 Å². The van der Waals surface area contributed by atoms with Gasteiger partial charge in [-0.05, 0) is 74.2 Å². The third-order valence-corrected chi connectivity index (χ3v) is 7.25. The molecule has 0 aromatic heterocycles. The van der Waals surface area contributed by atoms with Gasteiger partial charge in [0.1, 0.15) is 25.8 Å². The predicted octanol–water partition coefficient (Wildman–Crippen LogP) is 5.24. The van der Waals surface area contributed by atoms with E-state index in [4.69, 9.17) is 9.59 Å². The van der Waals surface area contributed by atoms with Gasteiger partial charge in [0, 0.05) is 19.5 Å². The van der Waals surface area contributed by atoms with Crippen molar-refractivity contribution in [1.82, 2.24) is 21.0 Å². The predicted molar refractivity (Wildman–Crippen MR) is 172 cm³/mol. The van der Waals surface area contributed by atoms with Crippen LogP contribution in [0.15, 0.2) is 60.1 Å². The number of amides is 2. The highest BCUT2D eigenvalue weighted by Crippen LogP contribution is 2.28. The van der Waals surface area contributed by atoms with Gasteiger partial charge in [-0.15, -0.1) is 5.48 Å². The summed E-state index contributed by atoms with van der Waals surface area (Å²) in [6.07, 6.45) is 3.15. The molecule has 242 valence electrons. The Hall–Kier alpha value is -3.89. The number of hydrogen-bond acceptors (Lipinski definition) is 7. The zero-order valence-electron chi connectivity index (χ0n) is 27.0. The molecule has 1 fully saturated rings. The summed E-state index contributed by atoms with van der Waals surface area (Å²) in [7, 11) is 1.65. The number of benzene rings is 2. The monoisotopic (exact) mass is 612 g/mol. The molecule has 2 amide bonds. The first-order valence-electron chi connectivity index (χ1n) is 14.9. The Morgan fingerprint density at radius 1 is 1.05 bits per heavy atom. The van der Waals surface area contributed by atoms with E-state index in [0.29, 0.717) is 24.6 Å². The van der Waals surface area contributed by atoms with Crippen molar-refractivity contribution < 1.29 is 28.4 Å². The summed E-state index contributed by atoms with van der Waals surface area (Å²) in [4.78, 5) is 48.5. The van der Waals surface area contributed by atoms with Crippen molar-refractivity contribution in [2.75, 3.05) is 13.6 Å². The van der Waals surface area contributed by atoms with Crippen LogP contribution in [-0.4, -0.2) is 56.1 Å². The lowest BCUT2D eigenvalue weighted by molar-refractivity contribution is -0.143. The normalized spacial score (nSPS) is 15.8. The highest BCUT2D eigenvalue weighted by molar-refractivity contribution is 5.88. The average Bonchev–Trinajstić information content (AvgIpc) is 3.81. The minimum Gasteiger partial charge on any atom is -0.409 e. The van der Waals surface area contributed by atoms with Gasteiger partial charge in [-0.3, -0.25) is 14.9 Å². The number of hydroxylamine groups is 1. The maximum Gasteiger partial charge on any atom is 0.243 e. The van der Waals surface area contributed by atoms with Gasteiger partial charge in [0.05, 0.1) is 0 Å². The van der Waals surface area contributed by atoms with E-state index in [1.165, 1.54) is 24.0 Å². The molecule has 0 bridgehead atoms. The van der Waals surface area contributed by atoms with Gasteiger partial charge < -0.3 is 24.6 Å². The fourth-order valence-electron chi connectivity index (χ4n) is 4.69. The van der Waals surface area contributed by atoms with Gasteiger partial charge >= 0.3 is 0 Å². The zero-order chi connectivity index (χ0) is 33.2. The number of hydrogen-bond donors (Lipinski definition) is 3. The third kappa shape index (κ3) is 11.7. The molecule has 0 radical (unpaired) electrons. The summed E-state index contributed by atoms with van der Waals surface area (Å²) < 4.78 is 12.6. The number of nitrogens with zero attached hydrogens (tertiary/aromatic N) is 1. The maximum absolute atomic E-state index is 13.0. The Balaban J connectivity index is 0.000000626. The second-order valence-electron chi connectivity index (χ2n) is 11.0. The van der Waals surface area contributed by atoms with Crippen molar-refractivity contribution in [3.05, 3.63) is 71.2 Å². The van der Waals surface area contributed by atoms with Crippen molar-refractivity contribution in [2.45, 2.75) is 79.1 Å². The van der Waals surface area contributed by atoms with Crippen molar-refractivity contribution >= 4 is 25.4 Å². The molecule has 2 atom stereocenters. The first kappa shape index (κ1) is 38.1. The van der Waals surface area contributed by atoms with Crippen LogP contribution in [0.3, 0.4) is 0 Å². The lowest BCUT2D eigenvalue weighted by Gasteiger charge is -2.34. The molecule has 1 aliphatic heterocycles. The SMILES string of the molecule is C=O.C=O.CCCC(=O)N(Cc1ccc(-c2ccccc2C)cc1)C(C(=O)NCC1CC1)C(C)C.CNC1NOC(C)=C1F. The summed E-state index contributed by atoms with van der Waals surface area (Å²) >= 11 is 0. The Morgan fingerprint density at radius 3 is 2.11 bits per heavy atom. The Labute approximate surface area is 261 Å². The maximum atomic E-state index is 13.0. The lowest BCUT2D eigenvalue weighted by Crippen LogP contribution is -2.52. The van der Waals surface area contributed by atoms with Crippen LogP contribution in [-0.2, 0) is 30.6 Å². The molecule has 1 aliphatic carbocycles. The standard InChI is InChI=1S/C27H36N2O2.C5H9FN2O.2CH2O/c1-5-8-25(30)29(26(19(2)3)27(31)28-17-21-11-12-21)18-22-13-15-23(16-14-22)24-10-7-6-9-20(24)4;1-3-4(6)5(7-2)8-9-3;2*1-2/h6-7,9-10,13-16,19,21,26H,5,8,11-12,17-18H2,1-4H3,(H,28,31);5,7-8H,1-2H3;2*1H2. The van der Waals surface area contributed by atoms with Crippen LogP contribution in [0.1, 0.15) is 64.5 Å². The van der Waals surface area contributed by atoms with Gasteiger partial charge in [0.2, 0.25) is 11.8 Å². The Bertz CT molecular complexity index is 1200. The summed E-state index contributed by atoms with van der Waals surface area (Å²) in [5.74, 6) is 0.706. The number of allylic oxidation sites excluding steroid dienone is 1. The van der Waals surface area contributed by atoms with E-state index in [9.17, 15) is 14.0 Å². The fourth-order valence-corrected chi connectivity index (χ4v) is 4.69. The minimum absolute atomic E-state index is 0.0251. The fraction of sp³-hybridized carbons (Fsp3) is 0.471. The number of likely N-dealkylation sites (N-methyl/N-ethyl adjacent to an activating group) is 1. The Morgan fingerprint density at radius 2 is 1.66 bits per heavy atom. The largest absolute Gasteiger partial charge is 0.409 e. The molecule has 44 heavy (non-hydrogen) atoms. The number of rotatable bonds is 11. The molecule has 1 heterocycles. The van der Waals surface area contributed by atoms with Gasteiger partial charge in [0.25, 0.3) is 0 Å². The number of aryl methyl sites for hydroxylation is 1. The summed E-state index contributed by atoms with van der Waals surface area (Å²) in [5, 5.41) is 5.77. The minimum atomic E-state index is -0.468. The van der Waals surface area contributed by atoms with Crippen LogP contribution in [0.2, 0.25) is 0 Å². The quantitative estimate of drug-likeness (QED) is 0.318. The first-order chi connectivity index (χ1) is 21.2. The molecule has 2 unspecified atom stereocenters. The second kappa shape index (κ2) is 20.1. The van der Waals surface area contributed by atoms with Crippen molar-refractivity contribution in [3.63, 3.8) is 0 Å². The molecule has 2 aliphatic rings. The number of carbonyl (C=O) groups is 4. The van der Waals surface area contributed by atoms with E-state index >= 15 is 0 Å². The van der Waals surface area contributed by atoms with E-state index in [2.05, 4.69) is 70.3 Å². The molecule has 9 nitrogen and oxygen atoms in total. The third-order valence-electron chi connectivity index (χ3n) is 7.25. The molecule has 4 rings (SSSR count). The highest BCUT2D eigenvalue weighted by atomic mass is 19.1. The summed E-state index contributed by atoms with van der Waals surface area (Å²) in [5.41, 5.74) is 7.11. The van der Waals surface area contributed by atoms with E-state index in [1.54, 1.807) is 18.9 Å². The first-order valence-corrected chi connectivity index (χ1v) is 14.9. The molecular weight excluding hydrogens is 563 g/mol. The van der Waals surface area contributed by atoms with Crippen LogP contribution >= 0.6 is 0 Å². The number of halogens is 1. The Kier molecular flexibility index (Phi) is 17.5. The summed E-state index contributed by atoms with van der Waals surface area (Å²) in [6.45, 7) is 14.9. The molecular formula is C34H49FN4O5. The van der Waals surface area contributed by atoms with Crippen LogP contribution in [0, 0.1) is 18.8 Å². The molecule has 2 aromatic carbocycles. The topological polar surface area (TPSA) is 117 Å². The van der Waals surface area contributed by atoms with E-state index in [1.807, 2.05) is 40.4 Å². The summed E-state index contributed by atoms with van der Waals surface area (Å²) in [6, 6.07) is 16.3. The molecule has 1 saturated carbocycles. The van der Waals surface area contributed by atoms with Crippen LogP contribution in [0.4, 0.5) is 4.39 Å². The molecule has 10 heteroatoms. The average molecular weight is 613 g/mol. The van der Waals surface area contributed by atoms with Gasteiger partial charge in [-0.2, -0.15) is 0 Å². The lowest BCUT2D eigenvalue weighted by atomic mass is 9.98. The second-order valence-corrected chi connectivity index (χ2v) is 11.0. The molecule has 3 N–H and O–H groups in total. The smallest absolute Gasteiger partial charge is 0.243 e. The van der Waals surface area contributed by atoms with Gasteiger partial charge in [0.15, 0.2) is 11.6 Å². The highest BCUT2D eigenvalue weighted by Gasteiger charge is 2.33.